The number of hydrogen-bond acceptors (Lipinski definition) is 3. The molecule has 6 heteroatoms. The standard InChI is InChI=1S/C13H20ClNO3S/c1-9(6-11(3)16)8-15-19(17,18)13-5-4-12(14)7-10(13)2/h4-5,7,9,11,15-16H,6,8H2,1-3H3. The molecule has 0 aliphatic rings. The van der Waals surface area contributed by atoms with Gasteiger partial charge in [-0.25, -0.2) is 13.1 Å². The Morgan fingerprint density at radius 1 is 1.37 bits per heavy atom. The maximum Gasteiger partial charge on any atom is 0.240 e. The second-order valence-corrected chi connectivity index (χ2v) is 7.12. The van der Waals surface area contributed by atoms with E-state index >= 15 is 0 Å². The molecule has 4 nitrogen and oxygen atoms in total. The van der Waals surface area contributed by atoms with Gasteiger partial charge in [-0.15, -0.1) is 0 Å². The fourth-order valence-electron chi connectivity index (χ4n) is 1.91. The van der Waals surface area contributed by atoms with Crippen LogP contribution in [-0.4, -0.2) is 26.2 Å². The van der Waals surface area contributed by atoms with Crippen molar-refractivity contribution in [1.29, 1.82) is 0 Å². The van der Waals surface area contributed by atoms with Gasteiger partial charge in [0.2, 0.25) is 10.0 Å². The van der Waals surface area contributed by atoms with Gasteiger partial charge < -0.3 is 5.11 Å². The van der Waals surface area contributed by atoms with Crippen LogP contribution in [0.4, 0.5) is 0 Å². The minimum absolute atomic E-state index is 0.0716. The third-order valence-electron chi connectivity index (χ3n) is 2.79. The summed E-state index contributed by atoms with van der Waals surface area (Å²) in [5, 5.41) is 9.76. The lowest BCUT2D eigenvalue weighted by Crippen LogP contribution is -2.30. The zero-order valence-corrected chi connectivity index (χ0v) is 12.9. The highest BCUT2D eigenvalue weighted by Gasteiger charge is 2.18. The van der Waals surface area contributed by atoms with Gasteiger partial charge in [-0.1, -0.05) is 18.5 Å². The second kappa shape index (κ2) is 6.70. The normalized spacial score (nSPS) is 15.2. The van der Waals surface area contributed by atoms with E-state index < -0.39 is 16.1 Å². The first-order chi connectivity index (χ1) is 8.72. The number of aliphatic hydroxyl groups is 1. The van der Waals surface area contributed by atoms with Gasteiger partial charge >= 0.3 is 0 Å². The Morgan fingerprint density at radius 2 is 2.00 bits per heavy atom. The highest BCUT2D eigenvalue weighted by Crippen LogP contribution is 2.19. The van der Waals surface area contributed by atoms with Gasteiger partial charge in [0, 0.05) is 11.6 Å². The maximum atomic E-state index is 12.1. The maximum absolute atomic E-state index is 12.1. The fraction of sp³-hybridized carbons (Fsp3) is 0.538. The molecule has 108 valence electrons. The average Bonchev–Trinajstić information content (AvgIpc) is 2.25. The van der Waals surface area contributed by atoms with E-state index in [2.05, 4.69) is 4.72 Å². The Morgan fingerprint density at radius 3 is 2.53 bits per heavy atom. The highest BCUT2D eigenvalue weighted by atomic mass is 35.5. The Labute approximate surface area is 119 Å². The lowest BCUT2D eigenvalue weighted by atomic mass is 10.1. The van der Waals surface area contributed by atoms with Crippen molar-refractivity contribution in [2.45, 2.75) is 38.2 Å². The van der Waals surface area contributed by atoms with Crippen LogP contribution >= 0.6 is 11.6 Å². The number of aliphatic hydroxyl groups excluding tert-OH is 1. The van der Waals surface area contributed by atoms with Crippen LogP contribution < -0.4 is 4.72 Å². The molecule has 0 bridgehead atoms. The lowest BCUT2D eigenvalue weighted by Gasteiger charge is -2.15. The van der Waals surface area contributed by atoms with Crippen LogP contribution in [-0.2, 0) is 10.0 Å². The number of aryl methyl sites for hydroxylation is 1. The number of halogens is 1. The van der Waals surface area contributed by atoms with Crippen LogP contribution in [0.5, 0.6) is 0 Å². The molecule has 1 aromatic carbocycles. The molecular formula is C13H20ClNO3S. The van der Waals surface area contributed by atoms with Crippen LogP contribution in [0.2, 0.25) is 5.02 Å². The van der Waals surface area contributed by atoms with E-state index in [1.54, 1.807) is 26.0 Å². The first-order valence-electron chi connectivity index (χ1n) is 6.16. The van der Waals surface area contributed by atoms with Crippen LogP contribution in [0.1, 0.15) is 25.8 Å². The van der Waals surface area contributed by atoms with E-state index in [4.69, 9.17) is 11.6 Å². The Balaban J connectivity index is 2.76. The van der Waals surface area contributed by atoms with Crippen molar-refractivity contribution >= 4 is 21.6 Å². The minimum atomic E-state index is -3.53. The van der Waals surface area contributed by atoms with Gasteiger partial charge in [0.05, 0.1) is 11.0 Å². The first kappa shape index (κ1) is 16.4. The Hall–Kier alpha value is -0.620. The molecule has 0 saturated carbocycles. The van der Waals surface area contributed by atoms with Gasteiger partial charge in [0.25, 0.3) is 0 Å². The zero-order chi connectivity index (χ0) is 14.6. The summed E-state index contributed by atoms with van der Waals surface area (Å²) in [5.41, 5.74) is 0.614. The number of benzene rings is 1. The molecule has 0 radical (unpaired) electrons. The third kappa shape index (κ3) is 5.10. The fourth-order valence-corrected chi connectivity index (χ4v) is 3.53. The summed E-state index contributed by atoms with van der Waals surface area (Å²) in [6, 6.07) is 4.68. The van der Waals surface area contributed by atoms with Crippen molar-refractivity contribution < 1.29 is 13.5 Å². The molecule has 0 aliphatic heterocycles. The van der Waals surface area contributed by atoms with Crippen molar-refractivity contribution in [2.75, 3.05) is 6.54 Å². The lowest BCUT2D eigenvalue weighted by molar-refractivity contribution is 0.165. The molecule has 0 aromatic heterocycles. The van der Waals surface area contributed by atoms with Crippen molar-refractivity contribution in [3.63, 3.8) is 0 Å². The molecule has 0 amide bonds. The van der Waals surface area contributed by atoms with Crippen LogP contribution in [0.25, 0.3) is 0 Å². The van der Waals surface area contributed by atoms with Gasteiger partial charge in [-0.2, -0.15) is 0 Å². The first-order valence-corrected chi connectivity index (χ1v) is 8.02. The summed E-state index contributed by atoms with van der Waals surface area (Å²) in [5.74, 6) is 0.0716. The summed E-state index contributed by atoms with van der Waals surface area (Å²) >= 11 is 5.81. The molecule has 0 aliphatic carbocycles. The highest BCUT2D eigenvalue weighted by molar-refractivity contribution is 7.89. The van der Waals surface area contributed by atoms with Crippen LogP contribution in [0.3, 0.4) is 0 Å². The van der Waals surface area contributed by atoms with E-state index in [1.165, 1.54) is 6.07 Å². The third-order valence-corrected chi connectivity index (χ3v) is 4.61. The average molecular weight is 306 g/mol. The summed E-state index contributed by atoms with van der Waals surface area (Å²) in [6.45, 7) is 5.59. The van der Waals surface area contributed by atoms with E-state index in [-0.39, 0.29) is 10.8 Å². The van der Waals surface area contributed by atoms with E-state index in [1.807, 2.05) is 6.92 Å². The molecule has 0 heterocycles. The molecule has 2 unspecified atom stereocenters. The monoisotopic (exact) mass is 305 g/mol. The van der Waals surface area contributed by atoms with Gasteiger partial charge in [0.15, 0.2) is 0 Å². The van der Waals surface area contributed by atoms with E-state index in [9.17, 15) is 13.5 Å². The molecule has 2 atom stereocenters. The predicted molar refractivity (Wildman–Crippen MR) is 76.8 cm³/mol. The molecule has 2 N–H and O–H groups in total. The number of hydrogen-bond donors (Lipinski definition) is 2. The van der Waals surface area contributed by atoms with Gasteiger partial charge in [-0.05, 0) is 49.9 Å². The SMILES string of the molecule is Cc1cc(Cl)ccc1S(=O)(=O)NCC(C)CC(C)O. The van der Waals surface area contributed by atoms with Crippen LogP contribution in [0, 0.1) is 12.8 Å². The number of rotatable bonds is 6. The molecule has 1 aromatic rings. The van der Waals surface area contributed by atoms with Crippen molar-refractivity contribution in [1.82, 2.24) is 4.72 Å². The molecule has 0 fully saturated rings. The van der Waals surface area contributed by atoms with Gasteiger partial charge in [-0.3, -0.25) is 0 Å². The number of sulfonamides is 1. The Kier molecular flexibility index (Phi) is 5.80. The quantitative estimate of drug-likeness (QED) is 0.847. The zero-order valence-electron chi connectivity index (χ0n) is 11.4. The molecule has 19 heavy (non-hydrogen) atoms. The molecule has 1 rings (SSSR count). The Bertz CT molecular complexity index is 529. The smallest absolute Gasteiger partial charge is 0.240 e. The topological polar surface area (TPSA) is 66.4 Å². The largest absolute Gasteiger partial charge is 0.393 e. The summed E-state index contributed by atoms with van der Waals surface area (Å²) < 4.78 is 26.8. The van der Waals surface area contributed by atoms with E-state index in [0.29, 0.717) is 23.6 Å². The summed E-state index contributed by atoms with van der Waals surface area (Å²) in [7, 11) is -3.53. The summed E-state index contributed by atoms with van der Waals surface area (Å²) in [4.78, 5) is 0.237. The van der Waals surface area contributed by atoms with Gasteiger partial charge in [0.1, 0.15) is 0 Å². The van der Waals surface area contributed by atoms with Crippen molar-refractivity contribution in [3.8, 4) is 0 Å². The van der Waals surface area contributed by atoms with Crippen molar-refractivity contribution in [2.24, 2.45) is 5.92 Å². The molecule has 0 saturated heterocycles. The predicted octanol–water partition coefficient (Wildman–Crippen LogP) is 2.33. The molecular weight excluding hydrogens is 286 g/mol. The number of nitrogens with one attached hydrogen (secondary N) is 1. The second-order valence-electron chi connectivity index (χ2n) is 4.95. The van der Waals surface area contributed by atoms with Crippen LogP contribution in [0.15, 0.2) is 23.1 Å². The van der Waals surface area contributed by atoms with Crippen molar-refractivity contribution in [3.05, 3.63) is 28.8 Å². The summed E-state index contributed by atoms with van der Waals surface area (Å²) in [6.07, 6.45) is 0.124. The minimum Gasteiger partial charge on any atom is -0.393 e. The molecule has 0 spiro atoms. The van der Waals surface area contributed by atoms with E-state index in [0.717, 1.165) is 0 Å².